The third kappa shape index (κ3) is 1.67. The molecule has 2 N–H and O–H groups in total. The molecule has 1 aliphatic carbocycles. The summed E-state index contributed by atoms with van der Waals surface area (Å²) in [5.74, 6) is -2.73. The van der Waals surface area contributed by atoms with E-state index in [-0.39, 0.29) is 25.2 Å². The van der Waals surface area contributed by atoms with E-state index >= 15 is 0 Å². The lowest BCUT2D eigenvalue weighted by molar-refractivity contribution is -0.150. The Labute approximate surface area is 96.8 Å². The normalized spacial score (nSPS) is 25.9. The minimum Gasteiger partial charge on any atom is -0.480 e. The number of rotatable bonds is 3. The lowest BCUT2D eigenvalue weighted by Crippen LogP contribution is -2.46. The van der Waals surface area contributed by atoms with E-state index in [1.54, 1.807) is 0 Å². The predicted molar refractivity (Wildman–Crippen MR) is 53.6 cm³/mol. The summed E-state index contributed by atoms with van der Waals surface area (Å²) < 4.78 is 0. The van der Waals surface area contributed by atoms with Crippen LogP contribution in [0.25, 0.3) is 0 Å². The second-order valence-electron chi connectivity index (χ2n) is 4.41. The van der Waals surface area contributed by atoms with E-state index in [9.17, 15) is 19.2 Å². The van der Waals surface area contributed by atoms with Crippen molar-refractivity contribution in [2.24, 2.45) is 5.41 Å². The smallest absolute Gasteiger partial charge is 0.319 e. The standard InChI is InChI=1S/C10H12N2O5/c1-12-6(13)4-5(7(12)14)11-8(15)10(2-3-10)9(16)17/h5H,2-4H2,1H3,(H,11,15)(H,16,17). The minimum atomic E-state index is -1.38. The third-order valence-corrected chi connectivity index (χ3v) is 3.28. The Kier molecular flexibility index (Phi) is 2.41. The van der Waals surface area contributed by atoms with Crippen molar-refractivity contribution in [2.75, 3.05) is 7.05 Å². The zero-order chi connectivity index (χ0) is 12.8. The largest absolute Gasteiger partial charge is 0.480 e. The summed E-state index contributed by atoms with van der Waals surface area (Å²) in [5.41, 5.74) is -1.38. The summed E-state index contributed by atoms with van der Waals surface area (Å²) in [6.07, 6.45) is 0.453. The quantitative estimate of drug-likeness (QED) is 0.472. The Hall–Kier alpha value is -1.92. The van der Waals surface area contributed by atoms with Crippen LogP contribution in [0.4, 0.5) is 0 Å². The Balaban J connectivity index is 2.04. The summed E-state index contributed by atoms with van der Waals surface area (Å²) in [6, 6.07) is -0.920. The number of carboxylic acids is 1. The lowest BCUT2D eigenvalue weighted by atomic mass is 10.1. The summed E-state index contributed by atoms with van der Waals surface area (Å²) in [5, 5.41) is 11.2. The first-order valence-corrected chi connectivity index (χ1v) is 5.23. The number of imide groups is 1. The fourth-order valence-electron chi connectivity index (χ4n) is 1.83. The monoisotopic (exact) mass is 240 g/mol. The number of carbonyl (C=O) groups is 4. The minimum absolute atomic E-state index is 0.100. The van der Waals surface area contributed by atoms with Crippen LogP contribution in [-0.2, 0) is 19.2 Å². The van der Waals surface area contributed by atoms with E-state index in [1.807, 2.05) is 0 Å². The van der Waals surface area contributed by atoms with Crippen LogP contribution in [0.5, 0.6) is 0 Å². The van der Waals surface area contributed by atoms with Crippen molar-refractivity contribution in [3.8, 4) is 0 Å². The van der Waals surface area contributed by atoms with Gasteiger partial charge in [0.25, 0.3) is 5.91 Å². The summed E-state index contributed by atoms with van der Waals surface area (Å²) in [4.78, 5) is 46.3. The molecule has 0 aromatic rings. The van der Waals surface area contributed by atoms with Gasteiger partial charge in [-0.25, -0.2) is 0 Å². The average molecular weight is 240 g/mol. The Morgan fingerprint density at radius 2 is 2.00 bits per heavy atom. The van der Waals surface area contributed by atoms with Gasteiger partial charge in [0, 0.05) is 7.05 Å². The van der Waals surface area contributed by atoms with Gasteiger partial charge < -0.3 is 10.4 Å². The average Bonchev–Trinajstić information content (AvgIpc) is 3.02. The molecule has 92 valence electrons. The molecule has 0 aromatic heterocycles. The molecule has 1 aliphatic heterocycles. The van der Waals surface area contributed by atoms with Gasteiger partial charge in [0.1, 0.15) is 11.5 Å². The van der Waals surface area contributed by atoms with Crippen LogP contribution in [0, 0.1) is 5.41 Å². The highest BCUT2D eigenvalue weighted by molar-refractivity contribution is 6.10. The van der Waals surface area contributed by atoms with E-state index in [4.69, 9.17) is 5.11 Å². The van der Waals surface area contributed by atoms with Gasteiger partial charge in [0.2, 0.25) is 11.8 Å². The number of aliphatic carboxylic acids is 1. The maximum atomic E-state index is 11.7. The number of nitrogens with zero attached hydrogens (tertiary/aromatic N) is 1. The predicted octanol–water partition coefficient (Wildman–Crippen LogP) is -1.28. The molecule has 1 saturated carbocycles. The zero-order valence-corrected chi connectivity index (χ0v) is 9.23. The molecule has 7 nitrogen and oxygen atoms in total. The number of likely N-dealkylation sites (tertiary alicyclic amines) is 1. The van der Waals surface area contributed by atoms with E-state index < -0.39 is 29.2 Å². The first kappa shape index (κ1) is 11.6. The molecular weight excluding hydrogens is 228 g/mol. The van der Waals surface area contributed by atoms with Gasteiger partial charge in [-0.3, -0.25) is 24.1 Å². The fourth-order valence-corrected chi connectivity index (χ4v) is 1.83. The van der Waals surface area contributed by atoms with Crippen molar-refractivity contribution in [1.29, 1.82) is 0 Å². The zero-order valence-electron chi connectivity index (χ0n) is 9.23. The van der Waals surface area contributed by atoms with Crippen LogP contribution >= 0.6 is 0 Å². The Bertz CT molecular complexity index is 426. The maximum Gasteiger partial charge on any atom is 0.319 e. The topological polar surface area (TPSA) is 104 Å². The highest BCUT2D eigenvalue weighted by Crippen LogP contribution is 2.46. The van der Waals surface area contributed by atoms with Gasteiger partial charge >= 0.3 is 5.97 Å². The molecule has 1 heterocycles. The molecule has 0 spiro atoms. The molecule has 1 atom stereocenters. The molecule has 7 heteroatoms. The van der Waals surface area contributed by atoms with Crippen molar-refractivity contribution < 1.29 is 24.3 Å². The molecule has 0 radical (unpaired) electrons. The van der Waals surface area contributed by atoms with Crippen molar-refractivity contribution >= 4 is 23.7 Å². The van der Waals surface area contributed by atoms with Crippen LogP contribution in [0.3, 0.4) is 0 Å². The van der Waals surface area contributed by atoms with Crippen LogP contribution < -0.4 is 5.32 Å². The molecule has 2 fully saturated rings. The molecule has 2 rings (SSSR count). The molecular formula is C10H12N2O5. The molecule has 1 unspecified atom stereocenters. The van der Waals surface area contributed by atoms with Crippen LogP contribution in [0.2, 0.25) is 0 Å². The summed E-state index contributed by atoms with van der Waals surface area (Å²) >= 11 is 0. The molecule has 0 bridgehead atoms. The van der Waals surface area contributed by atoms with Crippen molar-refractivity contribution in [3.05, 3.63) is 0 Å². The number of carbonyl (C=O) groups excluding carboxylic acids is 3. The van der Waals surface area contributed by atoms with Gasteiger partial charge in [-0.05, 0) is 12.8 Å². The summed E-state index contributed by atoms with van der Waals surface area (Å²) in [7, 11) is 1.33. The van der Waals surface area contributed by atoms with Gasteiger partial charge in [-0.15, -0.1) is 0 Å². The Morgan fingerprint density at radius 3 is 2.35 bits per heavy atom. The van der Waals surface area contributed by atoms with Gasteiger partial charge in [0.05, 0.1) is 6.42 Å². The lowest BCUT2D eigenvalue weighted by Gasteiger charge is -2.14. The van der Waals surface area contributed by atoms with Gasteiger partial charge in [-0.1, -0.05) is 0 Å². The molecule has 3 amide bonds. The number of nitrogens with one attached hydrogen (secondary N) is 1. The number of amides is 3. The molecule has 2 aliphatic rings. The highest BCUT2D eigenvalue weighted by atomic mass is 16.4. The van der Waals surface area contributed by atoms with E-state index in [0.717, 1.165) is 4.90 Å². The molecule has 0 aromatic carbocycles. The van der Waals surface area contributed by atoms with Gasteiger partial charge in [0.15, 0.2) is 0 Å². The van der Waals surface area contributed by atoms with E-state index in [1.165, 1.54) is 7.05 Å². The molecule has 1 saturated heterocycles. The molecule has 17 heavy (non-hydrogen) atoms. The van der Waals surface area contributed by atoms with Crippen LogP contribution in [0.15, 0.2) is 0 Å². The van der Waals surface area contributed by atoms with E-state index in [0.29, 0.717) is 0 Å². The van der Waals surface area contributed by atoms with Crippen molar-refractivity contribution in [3.63, 3.8) is 0 Å². The number of carboxylic acid groups (broad SMARTS) is 1. The first-order valence-electron chi connectivity index (χ1n) is 5.23. The van der Waals surface area contributed by atoms with Crippen LogP contribution in [-0.4, -0.2) is 46.8 Å². The number of hydrogen-bond donors (Lipinski definition) is 2. The second kappa shape index (κ2) is 3.54. The van der Waals surface area contributed by atoms with Crippen molar-refractivity contribution in [2.45, 2.75) is 25.3 Å². The van der Waals surface area contributed by atoms with Crippen molar-refractivity contribution in [1.82, 2.24) is 10.2 Å². The fraction of sp³-hybridized carbons (Fsp3) is 0.600. The third-order valence-electron chi connectivity index (χ3n) is 3.28. The highest BCUT2D eigenvalue weighted by Gasteiger charge is 2.58. The SMILES string of the molecule is CN1C(=O)CC(NC(=O)C2(C(=O)O)CC2)C1=O. The Morgan fingerprint density at radius 1 is 1.41 bits per heavy atom. The number of likely N-dealkylation sites (N-methyl/N-ethyl adjacent to an activating group) is 1. The first-order chi connectivity index (χ1) is 7.88. The maximum absolute atomic E-state index is 11.7. The summed E-state index contributed by atoms with van der Waals surface area (Å²) in [6.45, 7) is 0. The van der Waals surface area contributed by atoms with Gasteiger partial charge in [-0.2, -0.15) is 0 Å². The number of hydrogen-bond acceptors (Lipinski definition) is 4. The van der Waals surface area contributed by atoms with E-state index in [2.05, 4.69) is 5.32 Å². The second-order valence-corrected chi connectivity index (χ2v) is 4.41. The van der Waals surface area contributed by atoms with Crippen LogP contribution in [0.1, 0.15) is 19.3 Å².